The molecule has 0 amide bonds. The van der Waals surface area contributed by atoms with Crippen LogP contribution in [0.3, 0.4) is 0 Å². The van der Waals surface area contributed by atoms with E-state index in [0.29, 0.717) is 0 Å². The Bertz CT molecular complexity index is 785. The van der Waals surface area contributed by atoms with Crippen molar-refractivity contribution in [3.63, 3.8) is 0 Å². The summed E-state index contributed by atoms with van der Waals surface area (Å²) in [5.74, 6) is 1.17. The maximum atomic E-state index is 2.29. The third-order valence-corrected chi connectivity index (χ3v) is 10.5. The van der Waals surface area contributed by atoms with Crippen LogP contribution in [-0.2, 0) is 0 Å². The first-order valence-electron chi connectivity index (χ1n) is 9.17. The lowest BCUT2D eigenvalue weighted by atomic mass is 10.4. The van der Waals surface area contributed by atoms with Crippen molar-refractivity contribution in [2.24, 2.45) is 0 Å². The average molecular weight is 418 g/mol. The van der Waals surface area contributed by atoms with E-state index in [0.717, 1.165) is 0 Å². The Morgan fingerprint density at radius 3 is 0.786 bits per heavy atom. The molecule has 0 bridgehead atoms. The normalized spacial score (nSPS) is 10.6. The molecule has 4 rings (SSSR count). The fourth-order valence-corrected chi connectivity index (χ4v) is 9.67. The van der Waals surface area contributed by atoms with E-state index in [1.807, 2.05) is 0 Å². The van der Waals surface area contributed by atoms with Crippen LogP contribution in [0.25, 0.3) is 0 Å². The van der Waals surface area contributed by atoms with E-state index in [1.54, 1.807) is 0 Å². The molecule has 0 radical (unpaired) electrons. The zero-order valence-corrected chi connectivity index (χ0v) is 18.4. The zero-order valence-electron chi connectivity index (χ0n) is 15.6. The van der Waals surface area contributed by atoms with E-state index in [9.17, 15) is 0 Å². The minimum Gasteiger partial charge on any atom is -0.197 e. The first kappa shape index (κ1) is 20.8. The lowest BCUT2D eigenvalue weighted by Crippen LogP contribution is -2.19. The minimum absolute atomic E-state index is 0. The van der Waals surface area contributed by atoms with Gasteiger partial charge in [0.25, 0.3) is 0 Å². The Labute approximate surface area is 177 Å². The third kappa shape index (κ3) is 5.12. The van der Waals surface area contributed by atoms with Gasteiger partial charge in [0.05, 0.1) is 0 Å². The van der Waals surface area contributed by atoms with Crippen LogP contribution < -0.4 is 21.2 Å². The zero-order chi connectivity index (χ0) is 18.3. The molecule has 0 aliphatic rings. The Kier molecular flexibility index (Phi) is 7.87. The summed E-state index contributed by atoms with van der Waals surface area (Å²) in [7, 11) is -0.817. The summed E-state index contributed by atoms with van der Waals surface area (Å²) in [4.78, 5) is 0. The lowest BCUT2D eigenvalue weighted by molar-refractivity contribution is 1.73. The summed E-state index contributed by atoms with van der Waals surface area (Å²) < 4.78 is 0. The van der Waals surface area contributed by atoms with Crippen LogP contribution in [0.1, 0.15) is 0 Å². The first-order valence-corrected chi connectivity index (χ1v) is 12.2. The van der Waals surface area contributed by atoms with Crippen LogP contribution in [0.5, 0.6) is 0 Å². The summed E-state index contributed by atoms with van der Waals surface area (Å²) in [5.41, 5.74) is 0. The Morgan fingerprint density at radius 2 is 0.571 bits per heavy atom. The molecule has 0 fully saturated rings. The molecule has 0 aliphatic heterocycles. The number of benzene rings is 4. The number of rotatable bonds is 6. The summed E-state index contributed by atoms with van der Waals surface area (Å²) in [6, 6.07) is 44.1. The topological polar surface area (TPSA) is 0 Å². The van der Waals surface area contributed by atoms with Crippen LogP contribution in [0.15, 0.2) is 121 Å². The maximum Gasteiger partial charge on any atom is 0.00405 e. The highest BCUT2D eigenvalue weighted by atomic mass is 32.1. The van der Waals surface area contributed by atoms with E-state index in [-0.39, 0.29) is 13.5 Å². The summed E-state index contributed by atoms with van der Waals surface area (Å²) in [6.07, 6.45) is 0. The molecule has 0 unspecified atom stereocenters. The number of hydrogen-bond donors (Lipinski definition) is 0. The van der Waals surface area contributed by atoms with Gasteiger partial charge in [-0.05, 0) is 37.1 Å². The first-order chi connectivity index (χ1) is 13.4. The molecule has 28 heavy (non-hydrogen) atoms. The van der Waals surface area contributed by atoms with Crippen molar-refractivity contribution in [1.29, 1.82) is 0 Å². The van der Waals surface area contributed by atoms with Crippen molar-refractivity contribution >= 4 is 50.6 Å². The van der Waals surface area contributed by atoms with E-state index < -0.39 is 15.8 Å². The van der Waals surface area contributed by atoms with Gasteiger partial charge in [0.2, 0.25) is 0 Å². The molecule has 0 atom stereocenters. The van der Waals surface area contributed by atoms with Gasteiger partial charge in [-0.3, -0.25) is 0 Å². The Morgan fingerprint density at radius 1 is 0.357 bits per heavy atom. The van der Waals surface area contributed by atoms with Gasteiger partial charge in [0.1, 0.15) is 0 Å². The molecule has 140 valence electrons. The monoisotopic (exact) mass is 418 g/mol. The fraction of sp³-hybridized carbons (Fsp3) is 0.0400. The predicted octanol–water partition coefficient (Wildman–Crippen LogP) is 5.32. The highest BCUT2D eigenvalue weighted by molar-refractivity contribution is 7.88. The largest absolute Gasteiger partial charge is 0.197 e. The SMILES string of the molecule is S.c1ccc(P(CP(c2ccccc2)c2ccccc2)c2ccccc2)cc1. The summed E-state index contributed by atoms with van der Waals surface area (Å²) in [5, 5.41) is 5.83. The van der Waals surface area contributed by atoms with Gasteiger partial charge in [-0.1, -0.05) is 121 Å². The van der Waals surface area contributed by atoms with E-state index in [4.69, 9.17) is 0 Å². The van der Waals surface area contributed by atoms with Crippen molar-refractivity contribution in [2.75, 3.05) is 5.90 Å². The molecular weight excluding hydrogens is 394 g/mol. The van der Waals surface area contributed by atoms with Crippen molar-refractivity contribution in [1.82, 2.24) is 0 Å². The second kappa shape index (κ2) is 10.6. The lowest BCUT2D eigenvalue weighted by Gasteiger charge is -2.26. The van der Waals surface area contributed by atoms with Crippen LogP contribution in [0.4, 0.5) is 0 Å². The molecule has 4 aromatic rings. The van der Waals surface area contributed by atoms with Crippen LogP contribution in [0.2, 0.25) is 0 Å². The maximum absolute atomic E-state index is 2.29. The predicted molar refractivity (Wildman–Crippen MR) is 133 cm³/mol. The molecule has 0 nitrogen and oxygen atoms in total. The standard InChI is InChI=1S/C25H22P2.H2S/c1-5-13-22(14-6-1)26(23-15-7-2-8-16-23)21-27(24-17-9-3-10-18-24)25-19-11-4-12-20-25;/h1-20H,21H2;1H2. The third-order valence-electron chi connectivity index (χ3n) is 4.55. The van der Waals surface area contributed by atoms with Crippen molar-refractivity contribution < 1.29 is 0 Å². The van der Waals surface area contributed by atoms with Crippen molar-refractivity contribution in [2.45, 2.75) is 0 Å². The van der Waals surface area contributed by atoms with Crippen molar-refractivity contribution in [3.8, 4) is 0 Å². The van der Waals surface area contributed by atoms with Gasteiger partial charge >= 0.3 is 0 Å². The molecule has 3 heteroatoms. The molecule has 0 saturated heterocycles. The minimum atomic E-state index is -0.409. The molecule has 0 N–H and O–H groups in total. The quantitative estimate of drug-likeness (QED) is 0.372. The molecular formula is C25H24P2S. The van der Waals surface area contributed by atoms with E-state index >= 15 is 0 Å². The Balaban J connectivity index is 0.00000225. The van der Waals surface area contributed by atoms with E-state index in [2.05, 4.69) is 121 Å². The fourth-order valence-electron chi connectivity index (χ4n) is 3.20. The molecule has 4 aromatic carbocycles. The van der Waals surface area contributed by atoms with Crippen molar-refractivity contribution in [3.05, 3.63) is 121 Å². The van der Waals surface area contributed by atoms with Gasteiger partial charge in [-0.25, -0.2) is 0 Å². The highest BCUT2D eigenvalue weighted by Crippen LogP contribution is 2.48. The van der Waals surface area contributed by atoms with Gasteiger partial charge in [-0.15, -0.1) is 0 Å². The highest BCUT2D eigenvalue weighted by Gasteiger charge is 2.21. The van der Waals surface area contributed by atoms with Crippen LogP contribution in [-0.4, -0.2) is 5.90 Å². The number of hydrogen-bond acceptors (Lipinski definition) is 0. The average Bonchev–Trinajstić information content (AvgIpc) is 2.77. The molecule has 0 spiro atoms. The summed E-state index contributed by atoms with van der Waals surface area (Å²) >= 11 is 0. The summed E-state index contributed by atoms with van der Waals surface area (Å²) in [6.45, 7) is 0. The molecule has 0 heterocycles. The van der Waals surface area contributed by atoms with Crippen LogP contribution >= 0.6 is 29.3 Å². The van der Waals surface area contributed by atoms with Gasteiger partial charge < -0.3 is 0 Å². The molecule has 0 aromatic heterocycles. The molecule has 0 aliphatic carbocycles. The van der Waals surface area contributed by atoms with Gasteiger partial charge in [0.15, 0.2) is 0 Å². The van der Waals surface area contributed by atoms with Gasteiger partial charge in [0, 0.05) is 5.90 Å². The van der Waals surface area contributed by atoms with Crippen LogP contribution in [0, 0.1) is 0 Å². The Hall–Kier alpha value is -1.91. The smallest absolute Gasteiger partial charge is 0.00405 e. The van der Waals surface area contributed by atoms with E-state index in [1.165, 1.54) is 27.1 Å². The second-order valence-corrected chi connectivity index (χ2v) is 11.2. The molecule has 0 saturated carbocycles. The second-order valence-electron chi connectivity index (χ2n) is 6.34. The van der Waals surface area contributed by atoms with Gasteiger partial charge in [-0.2, -0.15) is 13.5 Å².